The molecule has 1 amide bonds. The number of fused-ring (bicyclic) bond motifs is 1. The van der Waals surface area contributed by atoms with Crippen LogP contribution in [0, 0.1) is 11.6 Å². The molecule has 2 aromatic rings. The first-order valence-electron chi connectivity index (χ1n) is 7.88. The highest BCUT2D eigenvalue weighted by atomic mass is 32.1. The molecule has 1 aromatic carbocycles. The van der Waals surface area contributed by atoms with Crippen molar-refractivity contribution < 1.29 is 18.3 Å². The van der Waals surface area contributed by atoms with Gasteiger partial charge < -0.3 is 15.8 Å². The maximum Gasteiger partial charge on any atom is 0.251 e. The fraction of sp³-hybridized carbons (Fsp3) is 0.389. The number of hydrogen-bond acceptors (Lipinski definition) is 4. The Morgan fingerprint density at radius 1 is 1.28 bits per heavy atom. The lowest BCUT2D eigenvalue weighted by molar-refractivity contribution is -0.135. The van der Waals surface area contributed by atoms with E-state index in [1.54, 1.807) is 0 Å². The normalized spacial score (nSPS) is 17.8. The largest absolute Gasteiger partial charge is 0.365 e. The molecule has 0 unspecified atom stereocenters. The van der Waals surface area contributed by atoms with Crippen LogP contribution in [0.3, 0.4) is 0 Å². The van der Waals surface area contributed by atoms with Crippen molar-refractivity contribution in [3.63, 3.8) is 0 Å². The highest BCUT2D eigenvalue weighted by Crippen LogP contribution is 2.48. The highest BCUT2D eigenvalue weighted by molar-refractivity contribution is 7.17. The number of hydrogen-bond donors (Lipinski definition) is 2. The third-order valence-corrected chi connectivity index (χ3v) is 5.57. The minimum Gasteiger partial charge on any atom is -0.365 e. The Labute approximate surface area is 149 Å². The quantitative estimate of drug-likeness (QED) is 0.843. The molecule has 134 valence electrons. The zero-order valence-electron chi connectivity index (χ0n) is 14.5. The Kier molecular flexibility index (Phi) is 4.12. The molecule has 3 rings (SSSR count). The van der Waals surface area contributed by atoms with Crippen LogP contribution in [0.25, 0.3) is 0 Å². The zero-order chi connectivity index (χ0) is 18.6. The molecule has 0 radical (unpaired) electrons. The number of halogens is 2. The van der Waals surface area contributed by atoms with E-state index in [-0.39, 0.29) is 5.69 Å². The van der Waals surface area contributed by atoms with E-state index in [1.165, 1.54) is 17.4 Å². The van der Waals surface area contributed by atoms with E-state index in [0.29, 0.717) is 17.0 Å². The van der Waals surface area contributed by atoms with Crippen molar-refractivity contribution in [1.29, 1.82) is 0 Å². The molecule has 0 fully saturated rings. The van der Waals surface area contributed by atoms with Gasteiger partial charge in [0.2, 0.25) is 0 Å². The molecule has 4 nitrogen and oxygen atoms in total. The summed E-state index contributed by atoms with van der Waals surface area (Å²) in [5.41, 5.74) is 5.79. The van der Waals surface area contributed by atoms with E-state index < -0.39 is 28.7 Å². The Hall–Kier alpha value is -1.99. The molecule has 25 heavy (non-hydrogen) atoms. The second-order valence-corrected chi connectivity index (χ2v) is 8.30. The molecule has 0 bridgehead atoms. The summed E-state index contributed by atoms with van der Waals surface area (Å²) in [6.07, 6.45) is 0.522. The van der Waals surface area contributed by atoms with Gasteiger partial charge in [0.1, 0.15) is 16.6 Å². The van der Waals surface area contributed by atoms with E-state index in [2.05, 4.69) is 5.32 Å². The van der Waals surface area contributed by atoms with Gasteiger partial charge in [0.15, 0.2) is 0 Å². The molecule has 2 heterocycles. The number of ether oxygens (including phenoxy) is 1. The van der Waals surface area contributed by atoms with Crippen molar-refractivity contribution in [3.05, 3.63) is 45.8 Å². The number of carbonyl (C=O) groups excluding carboxylic acids is 1. The van der Waals surface area contributed by atoms with E-state index >= 15 is 0 Å². The SMILES string of the molecule is CC1(C)Cc2c(sc(Nc3ccc(F)cc3F)c2C(N)=O)C(C)(C)O1. The molecule has 0 atom stereocenters. The van der Waals surface area contributed by atoms with E-state index in [1.807, 2.05) is 27.7 Å². The summed E-state index contributed by atoms with van der Waals surface area (Å²) >= 11 is 1.31. The monoisotopic (exact) mass is 366 g/mol. The first-order chi connectivity index (χ1) is 11.5. The van der Waals surface area contributed by atoms with Gasteiger partial charge in [0.05, 0.1) is 22.5 Å². The number of thiophene rings is 1. The molecule has 7 heteroatoms. The lowest BCUT2D eigenvalue weighted by Crippen LogP contribution is -2.42. The van der Waals surface area contributed by atoms with Gasteiger partial charge in [-0.3, -0.25) is 4.79 Å². The van der Waals surface area contributed by atoms with Gasteiger partial charge in [-0.25, -0.2) is 8.78 Å². The number of amides is 1. The lowest BCUT2D eigenvalue weighted by Gasteiger charge is -2.41. The van der Waals surface area contributed by atoms with E-state index in [0.717, 1.165) is 22.6 Å². The second-order valence-electron chi connectivity index (χ2n) is 7.28. The predicted molar refractivity (Wildman–Crippen MR) is 94.4 cm³/mol. The molecule has 1 aliphatic heterocycles. The lowest BCUT2D eigenvalue weighted by atomic mass is 9.86. The molecule has 1 aliphatic rings. The number of rotatable bonds is 3. The topological polar surface area (TPSA) is 64.3 Å². The van der Waals surface area contributed by atoms with Gasteiger partial charge in [-0.1, -0.05) is 0 Å². The van der Waals surface area contributed by atoms with Crippen molar-refractivity contribution in [2.45, 2.75) is 45.3 Å². The predicted octanol–water partition coefficient (Wildman–Crippen LogP) is 4.46. The van der Waals surface area contributed by atoms with Crippen LogP contribution < -0.4 is 11.1 Å². The van der Waals surface area contributed by atoms with Gasteiger partial charge in [-0.05, 0) is 45.4 Å². The fourth-order valence-electron chi connectivity index (χ4n) is 3.38. The summed E-state index contributed by atoms with van der Waals surface area (Å²) in [6.45, 7) is 7.76. The number of primary amides is 1. The standard InChI is InChI=1S/C18H20F2N2O2S/c1-17(2)8-10-13(15(21)23)16(25-14(10)18(3,4)24-17)22-12-6-5-9(19)7-11(12)20/h5-7,22H,8H2,1-4H3,(H2,21,23). The highest BCUT2D eigenvalue weighted by Gasteiger charge is 2.42. The van der Waals surface area contributed by atoms with Crippen LogP contribution in [0.4, 0.5) is 19.5 Å². The summed E-state index contributed by atoms with van der Waals surface area (Å²) in [5, 5.41) is 3.33. The molecule has 0 saturated carbocycles. The van der Waals surface area contributed by atoms with Crippen LogP contribution >= 0.6 is 11.3 Å². The average molecular weight is 366 g/mol. The summed E-state index contributed by atoms with van der Waals surface area (Å²) in [6, 6.07) is 3.23. The molecule has 0 aliphatic carbocycles. The smallest absolute Gasteiger partial charge is 0.251 e. The molecule has 3 N–H and O–H groups in total. The fourth-order valence-corrected chi connectivity index (χ4v) is 4.66. The van der Waals surface area contributed by atoms with E-state index in [4.69, 9.17) is 10.5 Å². The van der Waals surface area contributed by atoms with Gasteiger partial charge in [0.25, 0.3) is 5.91 Å². The van der Waals surface area contributed by atoms with Crippen LogP contribution in [0.5, 0.6) is 0 Å². The Bertz CT molecular complexity index is 859. The Morgan fingerprint density at radius 3 is 2.56 bits per heavy atom. The van der Waals surface area contributed by atoms with Gasteiger partial charge in [0, 0.05) is 17.4 Å². The number of anilines is 2. The van der Waals surface area contributed by atoms with Crippen molar-refractivity contribution in [2.75, 3.05) is 5.32 Å². The van der Waals surface area contributed by atoms with Crippen LogP contribution in [0.2, 0.25) is 0 Å². The summed E-state index contributed by atoms with van der Waals surface area (Å²) < 4.78 is 33.2. The molecule has 0 saturated heterocycles. The van der Waals surface area contributed by atoms with Crippen molar-refractivity contribution in [1.82, 2.24) is 0 Å². The van der Waals surface area contributed by atoms with Crippen LogP contribution in [-0.4, -0.2) is 11.5 Å². The minimum absolute atomic E-state index is 0.0838. The van der Waals surface area contributed by atoms with E-state index in [9.17, 15) is 13.6 Å². The number of carbonyl (C=O) groups is 1. The second kappa shape index (κ2) is 5.78. The molecular formula is C18H20F2N2O2S. The summed E-state index contributed by atoms with van der Waals surface area (Å²) in [7, 11) is 0. The maximum absolute atomic E-state index is 14.0. The number of nitrogens with one attached hydrogen (secondary N) is 1. The zero-order valence-corrected chi connectivity index (χ0v) is 15.3. The van der Waals surface area contributed by atoms with Gasteiger partial charge in [-0.2, -0.15) is 0 Å². The summed E-state index contributed by atoms with van der Waals surface area (Å²) in [5.74, 6) is -1.99. The Morgan fingerprint density at radius 2 is 1.96 bits per heavy atom. The first-order valence-corrected chi connectivity index (χ1v) is 8.70. The van der Waals surface area contributed by atoms with Crippen molar-refractivity contribution in [2.24, 2.45) is 5.73 Å². The van der Waals surface area contributed by atoms with Crippen LogP contribution in [-0.2, 0) is 16.8 Å². The molecule has 0 spiro atoms. The molecular weight excluding hydrogens is 346 g/mol. The number of benzene rings is 1. The number of nitrogens with two attached hydrogens (primary N) is 1. The third-order valence-electron chi connectivity index (χ3n) is 4.11. The van der Waals surface area contributed by atoms with Crippen LogP contribution in [0.15, 0.2) is 18.2 Å². The van der Waals surface area contributed by atoms with Crippen molar-refractivity contribution >= 4 is 27.9 Å². The average Bonchev–Trinajstić information content (AvgIpc) is 2.78. The van der Waals surface area contributed by atoms with Gasteiger partial charge >= 0.3 is 0 Å². The van der Waals surface area contributed by atoms with Crippen LogP contribution in [0.1, 0.15) is 48.5 Å². The Balaban J connectivity index is 2.13. The van der Waals surface area contributed by atoms with Crippen molar-refractivity contribution in [3.8, 4) is 0 Å². The third kappa shape index (κ3) is 3.26. The maximum atomic E-state index is 14.0. The minimum atomic E-state index is -0.738. The summed E-state index contributed by atoms with van der Waals surface area (Å²) in [4.78, 5) is 13.0. The molecule has 1 aromatic heterocycles. The first kappa shape index (κ1) is 17.8. The van der Waals surface area contributed by atoms with Gasteiger partial charge in [-0.15, -0.1) is 11.3 Å².